The monoisotopic (exact) mass is 395 g/mol. The minimum absolute atomic E-state index is 0.171. The molecule has 154 valence electrons. The third-order valence-electron chi connectivity index (χ3n) is 4.96. The van der Waals surface area contributed by atoms with E-state index in [0.29, 0.717) is 23.4 Å². The molecule has 1 aliphatic rings. The first-order valence-corrected chi connectivity index (χ1v) is 10.2. The van der Waals surface area contributed by atoms with Crippen LogP contribution < -0.4 is 10.6 Å². The van der Waals surface area contributed by atoms with Gasteiger partial charge in [0.15, 0.2) is 0 Å². The molecule has 29 heavy (non-hydrogen) atoms. The van der Waals surface area contributed by atoms with Gasteiger partial charge in [-0.1, -0.05) is 37.6 Å². The first-order valence-electron chi connectivity index (χ1n) is 10.2. The Labute approximate surface area is 172 Å². The summed E-state index contributed by atoms with van der Waals surface area (Å²) in [6, 6.07) is 14.7. The molecule has 0 unspecified atom stereocenters. The van der Waals surface area contributed by atoms with Crippen molar-refractivity contribution >= 4 is 17.5 Å². The van der Waals surface area contributed by atoms with E-state index in [0.717, 1.165) is 45.7 Å². The first kappa shape index (κ1) is 21.0. The van der Waals surface area contributed by atoms with Gasteiger partial charge >= 0.3 is 0 Å². The van der Waals surface area contributed by atoms with Crippen molar-refractivity contribution in [1.29, 1.82) is 0 Å². The fourth-order valence-corrected chi connectivity index (χ4v) is 3.24. The van der Waals surface area contributed by atoms with Crippen LogP contribution >= 0.6 is 0 Å². The molecular weight excluding hydrogens is 366 g/mol. The van der Waals surface area contributed by atoms with Crippen molar-refractivity contribution in [3.05, 3.63) is 65.2 Å². The molecule has 0 bridgehead atoms. The van der Waals surface area contributed by atoms with Crippen LogP contribution in [0, 0.1) is 0 Å². The van der Waals surface area contributed by atoms with E-state index >= 15 is 0 Å². The number of nitrogens with one attached hydrogen (secondary N) is 2. The molecule has 1 heterocycles. The molecule has 2 aromatic rings. The molecule has 0 aliphatic carbocycles. The Morgan fingerprint density at radius 2 is 1.72 bits per heavy atom. The number of unbranched alkanes of at least 4 members (excludes halogenated alkanes) is 1. The van der Waals surface area contributed by atoms with Crippen molar-refractivity contribution in [2.45, 2.75) is 26.3 Å². The smallest absolute Gasteiger partial charge is 0.255 e. The second-order valence-corrected chi connectivity index (χ2v) is 7.19. The molecule has 2 amide bonds. The van der Waals surface area contributed by atoms with E-state index in [-0.39, 0.29) is 11.8 Å². The summed E-state index contributed by atoms with van der Waals surface area (Å²) >= 11 is 0. The summed E-state index contributed by atoms with van der Waals surface area (Å²) in [5.41, 5.74) is 2.72. The molecule has 1 fully saturated rings. The molecule has 1 aliphatic heterocycles. The lowest BCUT2D eigenvalue weighted by atomic mass is 10.1. The van der Waals surface area contributed by atoms with Crippen LogP contribution in [-0.2, 0) is 11.3 Å². The number of rotatable bonds is 8. The number of ether oxygens (including phenoxy) is 1. The molecule has 3 rings (SSSR count). The molecule has 1 saturated heterocycles. The highest BCUT2D eigenvalue weighted by Crippen LogP contribution is 2.17. The quantitative estimate of drug-likeness (QED) is 0.673. The summed E-state index contributed by atoms with van der Waals surface area (Å²) in [5, 5.41) is 5.77. The molecule has 0 atom stereocenters. The number of morpholine rings is 1. The average molecular weight is 396 g/mol. The van der Waals surface area contributed by atoms with Crippen LogP contribution in [0.3, 0.4) is 0 Å². The van der Waals surface area contributed by atoms with E-state index in [1.165, 1.54) is 5.56 Å². The minimum atomic E-state index is -0.225. The Balaban J connectivity index is 1.62. The number of amides is 2. The van der Waals surface area contributed by atoms with Gasteiger partial charge in [-0.15, -0.1) is 0 Å². The van der Waals surface area contributed by atoms with Gasteiger partial charge < -0.3 is 15.4 Å². The number of hydrogen-bond acceptors (Lipinski definition) is 4. The predicted molar refractivity (Wildman–Crippen MR) is 114 cm³/mol. The van der Waals surface area contributed by atoms with Gasteiger partial charge in [0, 0.05) is 31.7 Å². The molecule has 6 heteroatoms. The molecule has 0 spiro atoms. The fraction of sp³-hybridized carbons (Fsp3) is 0.391. The van der Waals surface area contributed by atoms with Gasteiger partial charge in [0.25, 0.3) is 11.8 Å². The van der Waals surface area contributed by atoms with Crippen LogP contribution in [-0.4, -0.2) is 49.6 Å². The fourth-order valence-electron chi connectivity index (χ4n) is 3.24. The van der Waals surface area contributed by atoms with Crippen LogP contribution in [0.5, 0.6) is 0 Å². The Bertz CT molecular complexity index is 814. The number of anilines is 1. The zero-order valence-electron chi connectivity index (χ0n) is 16.9. The predicted octanol–water partition coefficient (Wildman–Crippen LogP) is 3.30. The van der Waals surface area contributed by atoms with Gasteiger partial charge in [-0.25, -0.2) is 0 Å². The Morgan fingerprint density at radius 1 is 1.00 bits per heavy atom. The number of carbonyl (C=O) groups excluding carboxylic acids is 2. The van der Waals surface area contributed by atoms with Crippen molar-refractivity contribution in [1.82, 2.24) is 10.2 Å². The second-order valence-electron chi connectivity index (χ2n) is 7.19. The number of para-hydroxylation sites is 1. The molecule has 2 N–H and O–H groups in total. The standard InChI is InChI=1S/C23H29N3O3/c1-2-3-12-24-23(28)20-6-4-5-7-21(20)25-22(27)19-10-8-18(9-11-19)17-26-13-15-29-16-14-26/h4-11H,2-3,12-17H2,1H3,(H,24,28)(H,25,27). The van der Waals surface area contributed by atoms with Crippen LogP contribution in [0.15, 0.2) is 48.5 Å². The number of nitrogens with zero attached hydrogens (tertiary/aromatic N) is 1. The van der Waals surface area contributed by atoms with E-state index in [1.807, 2.05) is 30.3 Å². The number of benzene rings is 2. The molecular formula is C23H29N3O3. The summed E-state index contributed by atoms with van der Waals surface area (Å²) in [6.07, 6.45) is 1.94. The summed E-state index contributed by atoms with van der Waals surface area (Å²) in [4.78, 5) is 27.4. The van der Waals surface area contributed by atoms with Crippen LogP contribution in [0.1, 0.15) is 46.0 Å². The minimum Gasteiger partial charge on any atom is -0.379 e. The highest BCUT2D eigenvalue weighted by molar-refractivity contribution is 6.09. The maximum Gasteiger partial charge on any atom is 0.255 e. The van der Waals surface area contributed by atoms with E-state index in [4.69, 9.17) is 4.74 Å². The van der Waals surface area contributed by atoms with Crippen molar-refractivity contribution < 1.29 is 14.3 Å². The molecule has 0 radical (unpaired) electrons. The maximum atomic E-state index is 12.7. The number of hydrogen-bond donors (Lipinski definition) is 2. The summed E-state index contributed by atoms with van der Waals surface area (Å²) < 4.78 is 5.38. The van der Waals surface area contributed by atoms with E-state index in [1.54, 1.807) is 18.2 Å². The third kappa shape index (κ3) is 6.14. The van der Waals surface area contributed by atoms with Gasteiger partial charge in [0.2, 0.25) is 0 Å². The summed E-state index contributed by atoms with van der Waals surface area (Å²) in [7, 11) is 0. The Hall–Kier alpha value is -2.70. The van der Waals surface area contributed by atoms with E-state index in [2.05, 4.69) is 22.5 Å². The van der Waals surface area contributed by atoms with Crippen molar-refractivity contribution in [2.24, 2.45) is 0 Å². The molecule has 0 aromatic heterocycles. The highest BCUT2D eigenvalue weighted by atomic mass is 16.5. The van der Waals surface area contributed by atoms with Gasteiger partial charge in [0.1, 0.15) is 0 Å². The highest BCUT2D eigenvalue weighted by Gasteiger charge is 2.14. The summed E-state index contributed by atoms with van der Waals surface area (Å²) in [5.74, 6) is -0.396. The molecule has 0 saturated carbocycles. The lowest BCUT2D eigenvalue weighted by Gasteiger charge is -2.26. The zero-order chi connectivity index (χ0) is 20.5. The SMILES string of the molecule is CCCCNC(=O)c1ccccc1NC(=O)c1ccc(CN2CCOCC2)cc1. The number of carbonyl (C=O) groups is 2. The molecule has 2 aromatic carbocycles. The Kier molecular flexibility index (Phi) is 7.78. The lowest BCUT2D eigenvalue weighted by molar-refractivity contribution is 0.0342. The Morgan fingerprint density at radius 3 is 2.45 bits per heavy atom. The van der Waals surface area contributed by atoms with Gasteiger partial charge in [-0.2, -0.15) is 0 Å². The van der Waals surface area contributed by atoms with E-state index < -0.39 is 0 Å². The second kappa shape index (κ2) is 10.7. The van der Waals surface area contributed by atoms with Crippen LogP contribution in [0.2, 0.25) is 0 Å². The van der Waals surface area contributed by atoms with Crippen molar-refractivity contribution in [3.8, 4) is 0 Å². The van der Waals surface area contributed by atoms with Crippen LogP contribution in [0.25, 0.3) is 0 Å². The van der Waals surface area contributed by atoms with Gasteiger partial charge in [0.05, 0.1) is 24.5 Å². The first-order chi connectivity index (χ1) is 14.2. The van der Waals surface area contributed by atoms with E-state index in [9.17, 15) is 9.59 Å². The maximum absolute atomic E-state index is 12.7. The van der Waals surface area contributed by atoms with Crippen molar-refractivity contribution in [3.63, 3.8) is 0 Å². The lowest BCUT2D eigenvalue weighted by Crippen LogP contribution is -2.35. The zero-order valence-corrected chi connectivity index (χ0v) is 16.9. The molecule has 6 nitrogen and oxygen atoms in total. The third-order valence-corrected chi connectivity index (χ3v) is 4.96. The topological polar surface area (TPSA) is 70.7 Å². The van der Waals surface area contributed by atoms with Gasteiger partial charge in [-0.05, 0) is 36.2 Å². The average Bonchev–Trinajstić information content (AvgIpc) is 2.75. The largest absolute Gasteiger partial charge is 0.379 e. The van der Waals surface area contributed by atoms with Crippen molar-refractivity contribution in [2.75, 3.05) is 38.2 Å². The normalized spacial score (nSPS) is 14.4. The van der Waals surface area contributed by atoms with Crippen LogP contribution in [0.4, 0.5) is 5.69 Å². The summed E-state index contributed by atoms with van der Waals surface area (Å²) in [6.45, 7) is 6.96. The van der Waals surface area contributed by atoms with Gasteiger partial charge in [-0.3, -0.25) is 14.5 Å².